The number of hydrogen-bond acceptors (Lipinski definition) is 4. The Morgan fingerprint density at radius 1 is 0.455 bits per heavy atom. The van der Waals surface area contributed by atoms with Crippen molar-refractivity contribution in [2.45, 2.75) is 143 Å². The van der Waals surface area contributed by atoms with Gasteiger partial charge in [0.2, 0.25) is 5.88 Å². The molecular weight excluding hydrogens is 936 g/mol. The number of nitrogens with zero attached hydrogens (tertiary/aromatic N) is 2. The summed E-state index contributed by atoms with van der Waals surface area (Å²) >= 11 is 0. The molecule has 0 amide bonds. The SMILES string of the molecule is Cc1cc2c(cc1N1c3cc(C(c4ccc(C(C)(C)C)cc4)c4ccc(C(C)(C)C)cc4)cc4c3B(c3c1oc1ccccc31)N(c1ccc(C(C)(C)C)cc1)c1cc3oc5ccccc5c3cc1-4)C(C)(C)CCC2(C)C. The summed E-state index contributed by atoms with van der Waals surface area (Å²) < 4.78 is 14.3. The van der Waals surface area contributed by atoms with Crippen LogP contribution >= 0.6 is 0 Å². The zero-order valence-corrected chi connectivity index (χ0v) is 47.8. The monoisotopic (exact) mass is 1010 g/mol. The van der Waals surface area contributed by atoms with Crippen LogP contribution in [0.5, 0.6) is 0 Å². The molecule has 13 rings (SSSR count). The first-order chi connectivity index (χ1) is 36.5. The minimum Gasteiger partial charge on any atom is -0.456 e. The molecular formula is C72H73BN2O2. The van der Waals surface area contributed by atoms with E-state index in [1.807, 2.05) is 0 Å². The normalized spacial score (nSPS) is 15.8. The van der Waals surface area contributed by atoms with Crippen LogP contribution in [0.25, 0.3) is 44.0 Å². The smallest absolute Gasteiger partial charge is 0.337 e. The quantitative estimate of drug-likeness (QED) is 0.127. The van der Waals surface area contributed by atoms with Crippen LogP contribution in [0.2, 0.25) is 0 Å². The Morgan fingerprint density at radius 2 is 0.974 bits per heavy atom. The number of furan rings is 2. The molecule has 386 valence electrons. The number of anilines is 5. The van der Waals surface area contributed by atoms with Gasteiger partial charge in [-0.2, -0.15) is 0 Å². The van der Waals surface area contributed by atoms with E-state index < -0.39 is 0 Å². The standard InChI is InChI=1S/C72H73BN2O2/c1-43-37-56-57(72(13,14)36-35-71(56,11)12)41-58(43)74-60-39-46(64(44-23-27-47(28-24-44)68(2,3)4)45-25-29-48(30-26-45)69(5,6)7)38-55-53-40-54-51-19-15-17-21-61(51)76-63(54)42-59(53)75(50-33-31-49(32-34-50)70(8,9)10)73(65(55)60)66-52-20-16-18-22-62(52)77-67(66)74/h15-34,37-42,64H,35-36H2,1-14H3. The molecule has 77 heavy (non-hydrogen) atoms. The lowest BCUT2D eigenvalue weighted by Crippen LogP contribution is -2.61. The zero-order valence-electron chi connectivity index (χ0n) is 47.8. The number of para-hydroxylation sites is 2. The number of hydrogen-bond donors (Lipinski definition) is 0. The zero-order chi connectivity index (χ0) is 53.9. The first-order valence-corrected chi connectivity index (χ1v) is 28.2. The van der Waals surface area contributed by atoms with E-state index in [1.165, 1.54) is 72.1 Å². The maximum atomic E-state index is 7.49. The molecule has 0 radical (unpaired) electrons. The Bertz CT molecular complexity index is 3940. The van der Waals surface area contributed by atoms with Crippen molar-refractivity contribution in [3.05, 3.63) is 208 Å². The van der Waals surface area contributed by atoms with Crippen LogP contribution in [-0.4, -0.2) is 6.85 Å². The summed E-state index contributed by atoms with van der Waals surface area (Å²) in [4.78, 5) is 5.15. The summed E-state index contributed by atoms with van der Waals surface area (Å²) in [6.45, 7) is 32.6. The Hall–Kier alpha value is -7.24. The molecule has 10 aromatic rings. The van der Waals surface area contributed by atoms with Gasteiger partial charge >= 0.3 is 6.85 Å². The first kappa shape index (κ1) is 49.3. The van der Waals surface area contributed by atoms with Gasteiger partial charge in [-0.3, -0.25) is 4.90 Å². The lowest BCUT2D eigenvalue weighted by atomic mass is 9.43. The van der Waals surface area contributed by atoms with Crippen LogP contribution in [0.15, 0.2) is 167 Å². The van der Waals surface area contributed by atoms with Crippen molar-refractivity contribution in [1.82, 2.24) is 0 Å². The molecule has 0 saturated carbocycles. The van der Waals surface area contributed by atoms with Gasteiger partial charge in [0, 0.05) is 56.2 Å². The summed E-state index contributed by atoms with van der Waals surface area (Å²) in [7, 11) is 0. The van der Waals surface area contributed by atoms with Gasteiger partial charge in [0.1, 0.15) is 16.7 Å². The fourth-order valence-electron chi connectivity index (χ4n) is 13.4. The summed E-state index contributed by atoms with van der Waals surface area (Å²) in [5.74, 6) is 0.777. The average molecular weight is 1010 g/mol. The molecule has 0 atom stereocenters. The van der Waals surface area contributed by atoms with Crippen LogP contribution in [0.3, 0.4) is 0 Å². The largest absolute Gasteiger partial charge is 0.456 e. The third-order valence-electron chi connectivity index (χ3n) is 18.1. The van der Waals surface area contributed by atoms with Crippen molar-refractivity contribution in [3.8, 4) is 11.1 Å². The summed E-state index contributed by atoms with van der Waals surface area (Å²) in [5.41, 5.74) is 23.9. The van der Waals surface area contributed by atoms with E-state index in [2.05, 4.69) is 264 Å². The van der Waals surface area contributed by atoms with Gasteiger partial charge in [-0.15, -0.1) is 0 Å². The number of aryl methyl sites for hydroxylation is 1. The number of fused-ring (bicyclic) bond motifs is 10. The number of rotatable bonds is 5. The van der Waals surface area contributed by atoms with E-state index in [1.54, 1.807) is 0 Å². The molecule has 4 nitrogen and oxygen atoms in total. The van der Waals surface area contributed by atoms with E-state index in [-0.39, 0.29) is 39.8 Å². The molecule has 0 fully saturated rings. The molecule has 0 saturated heterocycles. The van der Waals surface area contributed by atoms with Crippen LogP contribution < -0.4 is 20.6 Å². The van der Waals surface area contributed by atoms with Crippen molar-refractivity contribution >= 4 is 79.3 Å². The molecule has 3 aliphatic rings. The van der Waals surface area contributed by atoms with E-state index in [9.17, 15) is 0 Å². The van der Waals surface area contributed by atoms with Crippen LogP contribution in [0.1, 0.15) is 159 Å². The highest BCUT2D eigenvalue weighted by atomic mass is 16.4. The molecule has 8 aromatic carbocycles. The van der Waals surface area contributed by atoms with E-state index in [0.717, 1.165) is 74.4 Å². The van der Waals surface area contributed by atoms with Gasteiger partial charge in [0.25, 0.3) is 0 Å². The summed E-state index contributed by atoms with van der Waals surface area (Å²) in [6, 6.07) is 60.5. The lowest BCUT2D eigenvalue weighted by molar-refractivity contribution is 0.332. The van der Waals surface area contributed by atoms with Gasteiger partial charge in [-0.1, -0.05) is 199 Å². The van der Waals surface area contributed by atoms with Gasteiger partial charge in [0.05, 0.1) is 5.69 Å². The van der Waals surface area contributed by atoms with Crippen molar-refractivity contribution < 1.29 is 8.83 Å². The molecule has 2 aromatic heterocycles. The predicted octanol–water partition coefficient (Wildman–Crippen LogP) is 18.8. The lowest BCUT2D eigenvalue weighted by Gasteiger charge is -2.46. The second-order valence-electron chi connectivity index (χ2n) is 27.3. The Labute approximate surface area is 457 Å². The van der Waals surface area contributed by atoms with Crippen molar-refractivity contribution in [2.75, 3.05) is 9.71 Å². The highest BCUT2D eigenvalue weighted by Gasteiger charge is 2.49. The van der Waals surface area contributed by atoms with Crippen molar-refractivity contribution in [3.63, 3.8) is 0 Å². The Morgan fingerprint density at radius 3 is 1.55 bits per heavy atom. The molecule has 0 unspecified atom stereocenters. The first-order valence-electron chi connectivity index (χ1n) is 28.2. The maximum absolute atomic E-state index is 7.49. The van der Waals surface area contributed by atoms with Crippen LogP contribution in [0.4, 0.5) is 28.6 Å². The number of benzene rings is 8. The average Bonchev–Trinajstić information content (AvgIpc) is 4.14. The van der Waals surface area contributed by atoms with Gasteiger partial charge in [-0.05, 0) is 150 Å². The molecule has 0 bridgehead atoms. The fraction of sp³-hybridized carbons (Fsp3) is 0.306. The molecule has 0 N–H and O–H groups in total. The van der Waals surface area contributed by atoms with E-state index in [0.29, 0.717) is 0 Å². The molecule has 4 heterocycles. The highest BCUT2D eigenvalue weighted by Crippen LogP contribution is 2.54. The minimum absolute atomic E-state index is 0.0125. The molecule has 5 heteroatoms. The second-order valence-corrected chi connectivity index (χ2v) is 27.3. The van der Waals surface area contributed by atoms with Crippen LogP contribution in [0, 0.1) is 6.92 Å². The van der Waals surface area contributed by atoms with E-state index in [4.69, 9.17) is 8.83 Å². The maximum Gasteiger partial charge on any atom is 0.337 e. The highest BCUT2D eigenvalue weighted by molar-refractivity contribution is 6.95. The third kappa shape index (κ3) is 7.84. The second kappa shape index (κ2) is 16.9. The van der Waals surface area contributed by atoms with Crippen LogP contribution in [-0.2, 0) is 27.1 Å². The minimum atomic E-state index is -0.261. The third-order valence-corrected chi connectivity index (χ3v) is 18.1. The van der Waals surface area contributed by atoms with Crippen molar-refractivity contribution in [2.24, 2.45) is 0 Å². The predicted molar refractivity (Wildman–Crippen MR) is 327 cm³/mol. The topological polar surface area (TPSA) is 32.8 Å². The Balaban J connectivity index is 1.18. The molecule has 2 aliphatic heterocycles. The van der Waals surface area contributed by atoms with Gasteiger partial charge in [0.15, 0.2) is 0 Å². The van der Waals surface area contributed by atoms with Crippen molar-refractivity contribution in [1.29, 1.82) is 0 Å². The van der Waals surface area contributed by atoms with E-state index >= 15 is 0 Å². The molecule has 0 spiro atoms. The fourth-order valence-corrected chi connectivity index (χ4v) is 13.4. The molecule has 1 aliphatic carbocycles. The Kier molecular flexibility index (Phi) is 10.8. The van der Waals surface area contributed by atoms with Gasteiger partial charge < -0.3 is 13.6 Å². The summed E-state index contributed by atoms with van der Waals surface area (Å²) in [6.07, 6.45) is 2.28. The summed E-state index contributed by atoms with van der Waals surface area (Å²) in [5, 5.41) is 3.36. The van der Waals surface area contributed by atoms with Gasteiger partial charge in [-0.25, -0.2) is 0 Å².